The first kappa shape index (κ1) is 38.6. The predicted octanol–water partition coefficient (Wildman–Crippen LogP) is 11.8. The summed E-state index contributed by atoms with van der Waals surface area (Å²) in [7, 11) is -7.91. The summed E-state index contributed by atoms with van der Waals surface area (Å²) in [5.41, 5.74) is 12.3. The van der Waals surface area contributed by atoms with E-state index in [9.17, 15) is 0 Å². The van der Waals surface area contributed by atoms with Crippen LogP contribution in [0.3, 0.4) is 0 Å². The third-order valence-electron chi connectivity index (χ3n) is 13.0. The Morgan fingerprint density at radius 3 is 1.06 bits per heavy atom. The number of hydrogen-bond donors (Lipinski definition) is 0. The van der Waals surface area contributed by atoms with Crippen molar-refractivity contribution < 1.29 is 20.0 Å². The summed E-state index contributed by atoms with van der Waals surface area (Å²) >= 11 is -3.12. The molecule has 0 aromatic heterocycles. The van der Waals surface area contributed by atoms with Crippen LogP contribution in [-0.2, 0) is 20.0 Å². The molecule has 0 amide bonds. The van der Waals surface area contributed by atoms with Gasteiger partial charge in [-0.2, -0.15) is 0 Å². The van der Waals surface area contributed by atoms with Crippen LogP contribution in [0.5, 0.6) is 0 Å². The first-order chi connectivity index (χ1) is 23.8. The fraction of sp³-hybridized carbons (Fsp3) is 0.391. The molecule has 1 aliphatic heterocycles. The fourth-order valence-corrected chi connectivity index (χ4v) is 46.7. The summed E-state index contributed by atoms with van der Waals surface area (Å²) in [6.45, 7) is 35.6. The molecule has 2 unspecified atom stereocenters. The van der Waals surface area contributed by atoms with E-state index in [1.165, 1.54) is 22.3 Å². The molecule has 0 spiro atoms. The van der Waals surface area contributed by atoms with Gasteiger partial charge in [0.05, 0.1) is 0 Å². The maximum absolute atomic E-state index is 3.12. The van der Waals surface area contributed by atoms with Crippen LogP contribution in [0.15, 0.2) is 83.2 Å². The van der Waals surface area contributed by atoms with Gasteiger partial charge in [-0.1, -0.05) is 0 Å². The van der Waals surface area contributed by atoms with Crippen molar-refractivity contribution in [2.24, 2.45) is 0 Å². The summed E-state index contributed by atoms with van der Waals surface area (Å²) in [6, 6.07) is 30.3. The first-order valence-electron chi connectivity index (χ1n) is 19.8. The van der Waals surface area contributed by atoms with E-state index in [-0.39, 0.29) is 0 Å². The zero-order chi connectivity index (χ0) is 38.1. The van der Waals surface area contributed by atoms with E-state index in [1.807, 2.05) is 10.4 Å². The molecule has 2 atom stereocenters. The molecule has 272 valence electrons. The molecule has 0 nitrogen and oxygen atoms in total. The van der Waals surface area contributed by atoms with E-state index in [0.29, 0.717) is 7.35 Å². The molecule has 4 aromatic rings. The van der Waals surface area contributed by atoms with Gasteiger partial charge in [0.1, 0.15) is 0 Å². The van der Waals surface area contributed by atoms with Gasteiger partial charge in [0.15, 0.2) is 0 Å². The molecule has 1 fully saturated rings. The van der Waals surface area contributed by atoms with Crippen LogP contribution in [0.1, 0.15) is 29.6 Å². The fourth-order valence-electron chi connectivity index (χ4n) is 9.63. The third-order valence-corrected chi connectivity index (χ3v) is 42.1. The van der Waals surface area contributed by atoms with Crippen molar-refractivity contribution in [3.8, 4) is 22.3 Å². The second kappa shape index (κ2) is 12.4. The van der Waals surface area contributed by atoms with E-state index in [2.05, 4.69) is 186 Å². The van der Waals surface area contributed by atoms with Gasteiger partial charge < -0.3 is 0 Å². The Morgan fingerprint density at radius 1 is 0.462 bits per heavy atom. The van der Waals surface area contributed by atoms with Gasteiger partial charge in [0.2, 0.25) is 0 Å². The maximum atomic E-state index is 2.82. The Labute approximate surface area is 326 Å². The standard InChI is InChI=1S/C44H58Si5.2CH3.Hf/c1-45(2,3)35-23-33(24-36(27-35)46(4,5)6)41-19-15-17-31-21-39(29-43(31)41)49(13,14)40-22-32-18-16-20-42(44(32)30-40)34-25-37(47(7,8)9)28-38(26-34)48(10,11)12;;;/h15-30H,1-14H3;2*1H3;. The zero-order valence-corrected chi connectivity index (χ0v) is 43.8. The van der Waals surface area contributed by atoms with Crippen LogP contribution in [0, 0.1) is 0 Å². The first-order valence-corrected chi connectivity index (χ1v) is 48.2. The van der Waals surface area contributed by atoms with E-state index in [0.717, 1.165) is 0 Å². The molecule has 0 radical (unpaired) electrons. The molecule has 6 heteroatoms. The van der Waals surface area contributed by atoms with Crippen molar-refractivity contribution in [1.82, 2.24) is 0 Å². The average molecular weight is 936 g/mol. The van der Waals surface area contributed by atoms with Crippen LogP contribution in [0.4, 0.5) is 0 Å². The molecule has 1 saturated heterocycles. The van der Waals surface area contributed by atoms with Crippen molar-refractivity contribution >= 4 is 73.3 Å². The molecule has 4 aromatic carbocycles. The van der Waals surface area contributed by atoms with Gasteiger partial charge in [0.25, 0.3) is 0 Å². The van der Waals surface area contributed by atoms with Crippen LogP contribution in [-0.4, -0.2) is 40.4 Å². The molecular formula is C46H64HfSi5. The Balaban J connectivity index is 1.41. The van der Waals surface area contributed by atoms with Gasteiger partial charge in [-0.3, -0.25) is 0 Å². The summed E-state index contributed by atoms with van der Waals surface area (Å²) < 4.78 is 6.96. The van der Waals surface area contributed by atoms with Gasteiger partial charge in [0, 0.05) is 0 Å². The Morgan fingerprint density at radius 2 is 0.769 bits per heavy atom. The second-order valence-corrected chi connectivity index (χ2v) is 63.7. The second-order valence-electron chi connectivity index (χ2n) is 21.7. The van der Waals surface area contributed by atoms with Crippen LogP contribution < -0.4 is 20.7 Å². The normalized spacial score (nSPS) is 20.5. The zero-order valence-electron chi connectivity index (χ0n) is 35.2. The van der Waals surface area contributed by atoms with Crippen LogP contribution in [0.2, 0.25) is 101 Å². The quantitative estimate of drug-likeness (QED) is 0.169. The van der Waals surface area contributed by atoms with Crippen molar-refractivity contribution in [3.63, 3.8) is 0 Å². The Kier molecular flexibility index (Phi) is 9.21. The molecule has 52 heavy (non-hydrogen) atoms. The summed E-state index contributed by atoms with van der Waals surface area (Å²) in [4.78, 5) is 0. The van der Waals surface area contributed by atoms with Gasteiger partial charge in [-0.05, 0) is 0 Å². The SMILES string of the molecule is C[Si]1(C)C2=Cc3c(-c4cc([Si](C)(C)C)cc([Si](C)(C)C)c4)cccc3[CH]2[Hf]([CH3])([CH3])[CH]2C1=Cc1c(-c3cc([Si](C)(C)C)cc([Si](C)(C)C)c3)cccc12. The van der Waals surface area contributed by atoms with Gasteiger partial charge in [-0.25, -0.2) is 0 Å². The minimum absolute atomic E-state index is 0.659. The number of hydrogen-bond acceptors (Lipinski definition) is 0. The Bertz CT molecular complexity index is 1970. The molecule has 2 aliphatic carbocycles. The van der Waals surface area contributed by atoms with Crippen molar-refractivity contribution in [1.29, 1.82) is 0 Å². The van der Waals surface area contributed by atoms with E-state index >= 15 is 0 Å². The third kappa shape index (κ3) is 6.37. The molecule has 0 bridgehead atoms. The number of rotatable bonds is 6. The summed E-state index contributed by atoms with van der Waals surface area (Å²) in [6.07, 6.45) is 5.52. The average Bonchev–Trinajstić information content (AvgIpc) is 3.64. The summed E-state index contributed by atoms with van der Waals surface area (Å²) in [5.74, 6) is 0. The van der Waals surface area contributed by atoms with Gasteiger partial charge >= 0.3 is 329 Å². The monoisotopic (exact) mass is 936 g/mol. The molecule has 0 saturated carbocycles. The Hall–Kier alpha value is -1.69. The van der Waals surface area contributed by atoms with Gasteiger partial charge in [-0.15, -0.1) is 0 Å². The van der Waals surface area contributed by atoms with E-state index in [4.69, 9.17) is 0 Å². The molecule has 1 heterocycles. The van der Waals surface area contributed by atoms with Crippen molar-refractivity contribution in [3.05, 3.63) is 105 Å². The number of fused-ring (bicyclic) bond motifs is 6. The van der Waals surface area contributed by atoms with Crippen LogP contribution >= 0.6 is 0 Å². The topological polar surface area (TPSA) is 0 Å². The summed E-state index contributed by atoms with van der Waals surface area (Å²) in [5, 5.41) is 10.1. The van der Waals surface area contributed by atoms with Crippen molar-refractivity contribution in [2.75, 3.05) is 0 Å². The molecule has 3 aliphatic rings. The number of benzene rings is 4. The van der Waals surface area contributed by atoms with E-state index < -0.39 is 60.3 Å². The molecule has 0 N–H and O–H groups in total. The number of allylic oxidation sites excluding steroid dienone is 2. The van der Waals surface area contributed by atoms with E-state index in [1.54, 1.807) is 43.0 Å². The van der Waals surface area contributed by atoms with Crippen molar-refractivity contribution in [2.45, 2.75) is 108 Å². The van der Waals surface area contributed by atoms with Crippen LogP contribution in [0.25, 0.3) is 34.4 Å². The predicted molar refractivity (Wildman–Crippen MR) is 246 cm³/mol. The molecular weight excluding hydrogens is 871 g/mol. The molecule has 7 rings (SSSR count). The minimum atomic E-state index is -3.12.